The molecule has 3 nitrogen and oxygen atoms in total. The normalized spacial score (nSPS) is 11.4. The van der Waals surface area contributed by atoms with Crippen molar-refractivity contribution >= 4 is 0 Å². The Morgan fingerprint density at radius 1 is 0.650 bits per heavy atom. The smallest absolute Gasteiger partial charge is 0.316 e. The number of allylic oxidation sites excluding steroid dienone is 1. The van der Waals surface area contributed by atoms with Crippen LogP contribution in [0.1, 0.15) is 38.7 Å². The first-order chi connectivity index (χ1) is 19.3. The van der Waals surface area contributed by atoms with Crippen LogP contribution >= 0.6 is 0 Å². The summed E-state index contributed by atoms with van der Waals surface area (Å²) in [7, 11) is 0. The molecule has 0 saturated heterocycles. The molecule has 0 aliphatic carbocycles. The summed E-state index contributed by atoms with van der Waals surface area (Å²) in [5, 5.41) is 0. The summed E-state index contributed by atoms with van der Waals surface area (Å²) < 4.78 is 95.1. The summed E-state index contributed by atoms with van der Waals surface area (Å²) in [6.45, 7) is 4.03. The average molecular weight is 557 g/mol. The summed E-state index contributed by atoms with van der Waals surface area (Å²) in [4.78, 5) is 7.91. The van der Waals surface area contributed by atoms with Gasteiger partial charge in [-0.2, -0.15) is 0 Å². The van der Waals surface area contributed by atoms with Gasteiger partial charge in [0.1, 0.15) is 6.61 Å². The lowest BCUT2D eigenvalue weighted by Gasteiger charge is -2.13. The lowest BCUT2D eigenvalue weighted by molar-refractivity contribution is 0.333. The van der Waals surface area contributed by atoms with Crippen LogP contribution < -0.4 is 4.74 Å². The van der Waals surface area contributed by atoms with E-state index in [9.17, 15) is 8.78 Å². The molecule has 0 bridgehead atoms. The molecule has 1 heterocycles. The maximum absolute atomic E-state index is 15.1. The number of hydrogen-bond acceptors (Lipinski definition) is 3. The third-order valence-electron chi connectivity index (χ3n) is 6.44. The Morgan fingerprint density at radius 2 is 1.12 bits per heavy atom. The van der Waals surface area contributed by atoms with Gasteiger partial charge in [0.05, 0.1) is 0 Å². The van der Waals surface area contributed by atoms with Gasteiger partial charge in [0, 0.05) is 45.8 Å². The van der Waals surface area contributed by atoms with E-state index in [1.807, 2.05) is 13.8 Å². The van der Waals surface area contributed by atoms with Crippen LogP contribution in [0.2, 0.25) is 0 Å². The predicted octanol–water partition coefficient (Wildman–Crippen LogP) is 9.00. The molecule has 0 saturated carbocycles. The molecule has 0 aliphatic rings. The molecular formula is C31H26F6N2O. The van der Waals surface area contributed by atoms with Crippen LogP contribution in [0.5, 0.6) is 6.01 Å². The van der Waals surface area contributed by atoms with Crippen LogP contribution in [0.25, 0.3) is 33.4 Å². The molecule has 3 aromatic carbocycles. The maximum atomic E-state index is 15.1. The monoisotopic (exact) mass is 556 g/mol. The van der Waals surface area contributed by atoms with Crippen molar-refractivity contribution in [2.24, 2.45) is 0 Å². The van der Waals surface area contributed by atoms with Crippen molar-refractivity contribution in [3.05, 3.63) is 101 Å². The molecule has 40 heavy (non-hydrogen) atoms. The second-order valence-corrected chi connectivity index (χ2v) is 9.07. The van der Waals surface area contributed by atoms with Crippen molar-refractivity contribution in [1.29, 1.82) is 0 Å². The van der Waals surface area contributed by atoms with Gasteiger partial charge in [-0.1, -0.05) is 68.3 Å². The minimum absolute atomic E-state index is 0.0411. The van der Waals surface area contributed by atoms with Crippen LogP contribution in [-0.4, -0.2) is 16.6 Å². The Kier molecular flexibility index (Phi) is 9.24. The maximum Gasteiger partial charge on any atom is 0.316 e. The molecule has 0 N–H and O–H groups in total. The topological polar surface area (TPSA) is 35.0 Å². The number of halogens is 6. The van der Waals surface area contributed by atoms with E-state index in [-0.39, 0.29) is 29.3 Å². The average Bonchev–Trinajstić information content (AvgIpc) is 2.95. The van der Waals surface area contributed by atoms with Crippen LogP contribution in [-0.2, 0) is 6.42 Å². The Balaban J connectivity index is 1.64. The van der Waals surface area contributed by atoms with E-state index in [4.69, 9.17) is 4.74 Å². The van der Waals surface area contributed by atoms with E-state index in [0.29, 0.717) is 12.8 Å². The van der Waals surface area contributed by atoms with Crippen molar-refractivity contribution in [3.63, 3.8) is 0 Å². The fourth-order valence-corrected chi connectivity index (χ4v) is 4.25. The van der Waals surface area contributed by atoms with Gasteiger partial charge in [0.2, 0.25) is 0 Å². The van der Waals surface area contributed by atoms with Crippen molar-refractivity contribution in [1.82, 2.24) is 9.97 Å². The zero-order valence-corrected chi connectivity index (χ0v) is 21.9. The highest BCUT2D eigenvalue weighted by atomic mass is 19.2. The second-order valence-electron chi connectivity index (χ2n) is 9.07. The lowest BCUT2D eigenvalue weighted by atomic mass is 9.95. The van der Waals surface area contributed by atoms with Gasteiger partial charge in [0.15, 0.2) is 34.9 Å². The van der Waals surface area contributed by atoms with Gasteiger partial charge in [0.25, 0.3) is 0 Å². The Bertz CT molecular complexity index is 1540. The van der Waals surface area contributed by atoms with E-state index >= 15 is 17.6 Å². The van der Waals surface area contributed by atoms with E-state index in [2.05, 4.69) is 9.97 Å². The fourth-order valence-electron chi connectivity index (χ4n) is 4.25. The summed E-state index contributed by atoms with van der Waals surface area (Å²) in [5.41, 5.74) is -2.05. The number of nitrogens with zero attached hydrogens (tertiary/aromatic N) is 2. The predicted molar refractivity (Wildman–Crippen MR) is 142 cm³/mol. The largest absolute Gasteiger partial charge is 0.459 e. The molecule has 0 radical (unpaired) electrons. The van der Waals surface area contributed by atoms with E-state index < -0.39 is 57.2 Å². The zero-order chi connectivity index (χ0) is 28.8. The quantitative estimate of drug-likeness (QED) is 0.111. The molecule has 208 valence electrons. The standard InChI is InChI=1S/C31H26F6N2O/c1-3-5-7-8-18-9-10-21(27(34)25(18)32)23-13-14-24(30(37)29(23)36)22-12-11-20(26(33)28(22)35)19-16-38-31(39-17-19)40-15-6-4-2/h4,6,9-14,16-17H,3,5,7-8,15H2,1-2H3. The first-order valence-corrected chi connectivity index (χ1v) is 12.8. The molecule has 4 aromatic rings. The van der Waals surface area contributed by atoms with Crippen LogP contribution in [0.3, 0.4) is 0 Å². The second kappa shape index (κ2) is 12.8. The van der Waals surface area contributed by atoms with Crippen LogP contribution in [0.15, 0.2) is 60.9 Å². The summed E-state index contributed by atoms with van der Waals surface area (Å²) in [5.74, 6) is -8.21. The first-order valence-electron chi connectivity index (χ1n) is 12.8. The van der Waals surface area contributed by atoms with E-state index in [1.54, 1.807) is 12.2 Å². The Labute approximate surface area is 228 Å². The van der Waals surface area contributed by atoms with Gasteiger partial charge < -0.3 is 4.74 Å². The summed E-state index contributed by atoms with van der Waals surface area (Å²) in [6, 6.07) is 6.85. The molecule has 0 atom stereocenters. The van der Waals surface area contributed by atoms with Gasteiger partial charge in [-0.3, -0.25) is 0 Å². The van der Waals surface area contributed by atoms with Crippen LogP contribution in [0.4, 0.5) is 26.3 Å². The fraction of sp³-hybridized carbons (Fsp3) is 0.226. The number of aryl methyl sites for hydroxylation is 1. The summed E-state index contributed by atoms with van der Waals surface area (Å²) in [6.07, 6.45) is 8.72. The van der Waals surface area contributed by atoms with Gasteiger partial charge in [-0.15, -0.1) is 0 Å². The highest BCUT2D eigenvalue weighted by Crippen LogP contribution is 2.37. The number of hydrogen-bond donors (Lipinski definition) is 0. The van der Waals surface area contributed by atoms with Crippen molar-refractivity contribution < 1.29 is 31.1 Å². The molecule has 1 aromatic heterocycles. The molecule has 0 spiro atoms. The molecule has 9 heteroatoms. The van der Waals surface area contributed by atoms with E-state index in [1.165, 1.54) is 30.6 Å². The molecule has 0 unspecified atom stereocenters. The molecule has 0 fully saturated rings. The van der Waals surface area contributed by atoms with E-state index in [0.717, 1.165) is 31.0 Å². The highest BCUT2D eigenvalue weighted by molar-refractivity contribution is 5.75. The lowest BCUT2D eigenvalue weighted by Crippen LogP contribution is -2.02. The SMILES string of the molecule is CC=CCOc1ncc(-c2ccc(-c3ccc(-c4ccc(CCCCC)c(F)c4F)c(F)c3F)c(F)c2F)cn1. The Hall–Kier alpha value is -4.14. The number of benzene rings is 3. The third-order valence-corrected chi connectivity index (χ3v) is 6.44. The highest BCUT2D eigenvalue weighted by Gasteiger charge is 2.24. The van der Waals surface area contributed by atoms with Crippen LogP contribution in [0, 0.1) is 34.9 Å². The molecule has 4 rings (SSSR count). The summed E-state index contributed by atoms with van der Waals surface area (Å²) >= 11 is 0. The van der Waals surface area contributed by atoms with Gasteiger partial charge >= 0.3 is 6.01 Å². The Morgan fingerprint density at radius 3 is 1.65 bits per heavy atom. The molecule has 0 aliphatic heterocycles. The van der Waals surface area contributed by atoms with Gasteiger partial charge in [-0.05, 0) is 25.3 Å². The van der Waals surface area contributed by atoms with Crippen molar-refractivity contribution in [2.45, 2.75) is 39.5 Å². The molecule has 0 amide bonds. The minimum Gasteiger partial charge on any atom is -0.459 e. The zero-order valence-electron chi connectivity index (χ0n) is 21.9. The first kappa shape index (κ1) is 28.9. The third kappa shape index (κ3) is 5.88. The number of aromatic nitrogens is 2. The number of unbranched alkanes of at least 4 members (excludes halogenated alkanes) is 2. The van der Waals surface area contributed by atoms with Gasteiger partial charge in [-0.25, -0.2) is 36.3 Å². The minimum atomic E-state index is -1.53. The number of ether oxygens (including phenoxy) is 1. The molecular weight excluding hydrogens is 530 g/mol. The van der Waals surface area contributed by atoms with Crippen molar-refractivity contribution in [2.75, 3.05) is 6.61 Å². The number of rotatable bonds is 10. The van der Waals surface area contributed by atoms with Crippen molar-refractivity contribution in [3.8, 4) is 39.4 Å².